The van der Waals surface area contributed by atoms with Gasteiger partial charge in [0.15, 0.2) is 0 Å². The maximum absolute atomic E-state index is 9.88. The third kappa shape index (κ3) is 3.48. The summed E-state index contributed by atoms with van der Waals surface area (Å²) in [7, 11) is 3.51. The summed E-state index contributed by atoms with van der Waals surface area (Å²) >= 11 is 0. The molecule has 4 atom stereocenters. The van der Waals surface area contributed by atoms with Gasteiger partial charge in [-0.05, 0) is 18.8 Å². The van der Waals surface area contributed by atoms with E-state index in [1.807, 2.05) is 0 Å². The topological polar surface area (TPSA) is 41.9 Å². The Morgan fingerprint density at radius 3 is 2.32 bits per heavy atom. The number of aliphatic hydroxyl groups excluding tert-OH is 1. The van der Waals surface area contributed by atoms with Crippen molar-refractivity contribution in [2.45, 2.75) is 44.8 Å². The molecule has 1 aliphatic heterocycles. The lowest BCUT2D eigenvalue weighted by atomic mass is 9.70. The maximum atomic E-state index is 9.88. The first kappa shape index (κ1) is 15.2. The van der Waals surface area contributed by atoms with Gasteiger partial charge in [-0.3, -0.25) is 4.90 Å². The molecular weight excluding hydrogens is 242 g/mol. The molecule has 2 aliphatic rings. The molecule has 4 unspecified atom stereocenters. The van der Waals surface area contributed by atoms with Crippen LogP contribution in [0.3, 0.4) is 0 Å². The van der Waals surface area contributed by atoms with Crippen molar-refractivity contribution < 1.29 is 14.6 Å². The zero-order chi connectivity index (χ0) is 13.9. The van der Waals surface area contributed by atoms with Crippen molar-refractivity contribution in [3.8, 4) is 0 Å². The van der Waals surface area contributed by atoms with E-state index in [9.17, 15) is 5.11 Å². The molecule has 0 bridgehead atoms. The first-order valence-corrected chi connectivity index (χ1v) is 7.51. The normalized spacial score (nSPS) is 40.7. The highest BCUT2D eigenvalue weighted by atomic mass is 16.5. The fourth-order valence-corrected chi connectivity index (χ4v) is 3.98. The lowest BCUT2D eigenvalue weighted by Gasteiger charge is -2.41. The van der Waals surface area contributed by atoms with Gasteiger partial charge >= 0.3 is 0 Å². The van der Waals surface area contributed by atoms with E-state index in [0.717, 1.165) is 38.4 Å². The summed E-state index contributed by atoms with van der Waals surface area (Å²) in [6, 6.07) is 0. The molecule has 0 aromatic heterocycles. The second kappa shape index (κ2) is 6.53. The fraction of sp³-hybridized carbons (Fsp3) is 1.00. The molecule has 0 radical (unpaired) electrons. The molecule has 2 fully saturated rings. The van der Waals surface area contributed by atoms with E-state index in [1.165, 1.54) is 12.8 Å². The Hall–Kier alpha value is -0.160. The van der Waals surface area contributed by atoms with Crippen LogP contribution in [-0.2, 0) is 9.47 Å². The van der Waals surface area contributed by atoms with Gasteiger partial charge in [0.1, 0.15) is 0 Å². The monoisotopic (exact) mass is 271 g/mol. The van der Waals surface area contributed by atoms with Crippen LogP contribution in [0.2, 0.25) is 0 Å². The standard InChI is InChI=1S/C15H29NO3/c1-12-5-4-6-15(7-12,11-17)10-16-8-13(18-2)14(9-16)19-3/h12-14,17H,4-11H2,1-3H3. The minimum atomic E-state index is 0.0958. The largest absolute Gasteiger partial charge is 0.396 e. The Morgan fingerprint density at radius 2 is 1.84 bits per heavy atom. The van der Waals surface area contributed by atoms with Gasteiger partial charge in [-0.2, -0.15) is 0 Å². The number of ether oxygens (including phenoxy) is 2. The maximum Gasteiger partial charge on any atom is 0.0971 e. The van der Waals surface area contributed by atoms with E-state index in [2.05, 4.69) is 11.8 Å². The van der Waals surface area contributed by atoms with Crippen LogP contribution in [0, 0.1) is 11.3 Å². The summed E-state index contributed by atoms with van der Waals surface area (Å²) in [4.78, 5) is 2.41. The average molecular weight is 271 g/mol. The summed E-state index contributed by atoms with van der Waals surface area (Å²) < 4.78 is 11.0. The second-order valence-electron chi connectivity index (χ2n) is 6.60. The quantitative estimate of drug-likeness (QED) is 0.823. The van der Waals surface area contributed by atoms with E-state index in [4.69, 9.17) is 9.47 Å². The van der Waals surface area contributed by atoms with E-state index >= 15 is 0 Å². The number of methoxy groups -OCH3 is 2. The van der Waals surface area contributed by atoms with Crippen LogP contribution in [0.4, 0.5) is 0 Å². The van der Waals surface area contributed by atoms with Crippen LogP contribution in [0.15, 0.2) is 0 Å². The molecule has 19 heavy (non-hydrogen) atoms. The minimum Gasteiger partial charge on any atom is -0.396 e. The highest BCUT2D eigenvalue weighted by Crippen LogP contribution is 2.40. The molecule has 1 N–H and O–H groups in total. The van der Waals surface area contributed by atoms with Gasteiger partial charge in [-0.15, -0.1) is 0 Å². The Bertz CT molecular complexity index is 275. The summed E-state index contributed by atoms with van der Waals surface area (Å²) in [6.45, 7) is 5.44. The highest BCUT2D eigenvalue weighted by Gasteiger charge is 2.40. The molecule has 0 aromatic rings. The molecule has 1 saturated carbocycles. The van der Waals surface area contributed by atoms with Crippen molar-refractivity contribution in [1.29, 1.82) is 0 Å². The lowest BCUT2D eigenvalue weighted by Crippen LogP contribution is -2.42. The summed E-state index contributed by atoms with van der Waals surface area (Å²) in [6.07, 6.45) is 5.19. The third-order valence-corrected chi connectivity index (χ3v) is 4.98. The van der Waals surface area contributed by atoms with Gasteiger partial charge in [0.2, 0.25) is 0 Å². The molecule has 0 amide bonds. The zero-order valence-electron chi connectivity index (χ0n) is 12.6. The van der Waals surface area contributed by atoms with Gasteiger partial charge in [-0.25, -0.2) is 0 Å². The van der Waals surface area contributed by atoms with Gasteiger partial charge in [0.25, 0.3) is 0 Å². The van der Waals surface area contributed by atoms with Crippen LogP contribution >= 0.6 is 0 Å². The smallest absolute Gasteiger partial charge is 0.0971 e. The van der Waals surface area contributed by atoms with Crippen molar-refractivity contribution >= 4 is 0 Å². The molecule has 1 aliphatic carbocycles. The SMILES string of the molecule is COC1CN(CC2(CO)CCCC(C)C2)CC1OC. The Balaban J connectivity index is 1.95. The highest BCUT2D eigenvalue weighted by molar-refractivity contribution is 4.93. The van der Waals surface area contributed by atoms with Gasteiger partial charge < -0.3 is 14.6 Å². The number of nitrogens with zero attached hydrogens (tertiary/aromatic N) is 1. The molecule has 2 rings (SSSR count). The number of rotatable bonds is 5. The molecule has 112 valence electrons. The van der Waals surface area contributed by atoms with Crippen molar-refractivity contribution in [1.82, 2.24) is 4.90 Å². The zero-order valence-corrected chi connectivity index (χ0v) is 12.6. The van der Waals surface area contributed by atoms with Crippen molar-refractivity contribution in [3.63, 3.8) is 0 Å². The molecule has 0 aromatic carbocycles. The lowest BCUT2D eigenvalue weighted by molar-refractivity contribution is -0.00461. The Labute approximate surface area is 117 Å². The minimum absolute atomic E-state index is 0.0958. The molecule has 4 heteroatoms. The number of hydrogen-bond donors (Lipinski definition) is 1. The van der Waals surface area contributed by atoms with Crippen LogP contribution in [0.25, 0.3) is 0 Å². The molecule has 0 spiro atoms. The number of hydrogen-bond acceptors (Lipinski definition) is 4. The van der Waals surface area contributed by atoms with E-state index in [0.29, 0.717) is 6.61 Å². The molecule has 4 nitrogen and oxygen atoms in total. The van der Waals surface area contributed by atoms with Gasteiger partial charge in [0, 0.05) is 45.9 Å². The predicted molar refractivity (Wildman–Crippen MR) is 75.2 cm³/mol. The molecule has 1 saturated heterocycles. The number of likely N-dealkylation sites (tertiary alicyclic amines) is 1. The van der Waals surface area contributed by atoms with Crippen LogP contribution in [0.5, 0.6) is 0 Å². The predicted octanol–water partition coefficient (Wildman–Crippen LogP) is 1.52. The van der Waals surface area contributed by atoms with E-state index in [1.54, 1.807) is 14.2 Å². The fourth-order valence-electron chi connectivity index (χ4n) is 3.98. The van der Waals surface area contributed by atoms with Crippen LogP contribution in [-0.4, -0.2) is 62.7 Å². The third-order valence-electron chi connectivity index (χ3n) is 4.98. The van der Waals surface area contributed by atoms with Crippen LogP contribution < -0.4 is 0 Å². The van der Waals surface area contributed by atoms with Crippen molar-refractivity contribution in [2.24, 2.45) is 11.3 Å². The van der Waals surface area contributed by atoms with Crippen molar-refractivity contribution in [2.75, 3.05) is 40.5 Å². The molecular formula is C15H29NO3. The van der Waals surface area contributed by atoms with Crippen LogP contribution in [0.1, 0.15) is 32.6 Å². The first-order valence-electron chi connectivity index (χ1n) is 7.51. The second-order valence-corrected chi connectivity index (χ2v) is 6.60. The summed E-state index contributed by atoms with van der Waals surface area (Å²) in [5.41, 5.74) is 0.0958. The first-order chi connectivity index (χ1) is 9.12. The summed E-state index contributed by atoms with van der Waals surface area (Å²) in [5, 5.41) is 9.88. The Morgan fingerprint density at radius 1 is 1.21 bits per heavy atom. The van der Waals surface area contributed by atoms with E-state index < -0.39 is 0 Å². The summed E-state index contributed by atoms with van der Waals surface area (Å²) in [5.74, 6) is 0.736. The van der Waals surface area contributed by atoms with E-state index in [-0.39, 0.29) is 17.6 Å². The van der Waals surface area contributed by atoms with Gasteiger partial charge in [-0.1, -0.05) is 19.8 Å². The number of aliphatic hydroxyl groups is 1. The molecule has 1 heterocycles. The Kier molecular flexibility index (Phi) is 5.23. The van der Waals surface area contributed by atoms with Gasteiger partial charge in [0.05, 0.1) is 12.2 Å². The van der Waals surface area contributed by atoms with Crippen molar-refractivity contribution in [3.05, 3.63) is 0 Å². The average Bonchev–Trinajstić information content (AvgIpc) is 2.80.